The molecule has 0 amide bonds. The van der Waals surface area contributed by atoms with E-state index in [2.05, 4.69) is 4.98 Å². The van der Waals surface area contributed by atoms with Crippen molar-refractivity contribution in [3.05, 3.63) is 51.0 Å². The van der Waals surface area contributed by atoms with Gasteiger partial charge in [-0.25, -0.2) is 9.78 Å². The van der Waals surface area contributed by atoms with Gasteiger partial charge in [-0.15, -0.1) is 11.3 Å². The van der Waals surface area contributed by atoms with Crippen LogP contribution in [0.25, 0.3) is 0 Å². The molecule has 2 aromatic rings. The Labute approximate surface area is 134 Å². The van der Waals surface area contributed by atoms with Crippen molar-refractivity contribution in [2.24, 2.45) is 0 Å². The number of alkyl halides is 3. The third-order valence-corrected chi connectivity index (χ3v) is 4.78. The zero-order valence-corrected chi connectivity index (χ0v) is 12.7. The van der Waals surface area contributed by atoms with Crippen LogP contribution in [0.1, 0.15) is 31.4 Å². The highest BCUT2D eigenvalue weighted by Crippen LogP contribution is 2.33. The first kappa shape index (κ1) is 15.9. The number of hydrogen-bond donors (Lipinski definition) is 1. The van der Waals surface area contributed by atoms with Crippen molar-refractivity contribution in [1.29, 1.82) is 0 Å². The Hall–Kier alpha value is -1.93. The number of fused-ring (bicyclic) bond motifs is 1. The van der Waals surface area contributed by atoms with E-state index in [-0.39, 0.29) is 5.56 Å². The number of rotatable bonds is 3. The minimum atomic E-state index is -4.42. The van der Waals surface area contributed by atoms with Crippen molar-refractivity contribution in [2.75, 3.05) is 6.54 Å². The maximum Gasteiger partial charge on any atom is 0.443 e. The summed E-state index contributed by atoms with van der Waals surface area (Å²) in [6.45, 7) is 1.42. The van der Waals surface area contributed by atoms with Gasteiger partial charge in [0, 0.05) is 30.7 Å². The van der Waals surface area contributed by atoms with E-state index in [1.165, 1.54) is 6.20 Å². The lowest BCUT2D eigenvalue weighted by Gasteiger charge is -2.29. The van der Waals surface area contributed by atoms with E-state index in [1.807, 2.05) is 11.0 Å². The number of carboxylic acids is 1. The van der Waals surface area contributed by atoms with Gasteiger partial charge in [0.15, 0.2) is 5.01 Å². The Balaban J connectivity index is 1.77. The van der Waals surface area contributed by atoms with Crippen LogP contribution in [0.15, 0.2) is 24.4 Å². The molecule has 0 unspecified atom stereocenters. The van der Waals surface area contributed by atoms with Crippen molar-refractivity contribution in [2.45, 2.75) is 25.7 Å². The van der Waals surface area contributed by atoms with Crippen LogP contribution in [-0.4, -0.2) is 27.5 Å². The molecule has 1 aliphatic heterocycles. The number of carboxylic acid groups (broad SMARTS) is 1. The Morgan fingerprint density at radius 2 is 2.17 bits per heavy atom. The number of aromatic nitrogens is 1. The van der Waals surface area contributed by atoms with Gasteiger partial charge in [0.25, 0.3) is 0 Å². The molecule has 8 heteroatoms. The van der Waals surface area contributed by atoms with Gasteiger partial charge in [-0.2, -0.15) is 13.2 Å². The summed E-state index contributed by atoms with van der Waals surface area (Å²) in [5.41, 5.74) is 1.99. The molecular formula is C15H13F3N2O2S. The normalized spacial score (nSPS) is 15.4. The monoisotopic (exact) mass is 342 g/mol. The predicted octanol–water partition coefficient (Wildman–Crippen LogP) is 3.42. The van der Waals surface area contributed by atoms with E-state index < -0.39 is 17.2 Å². The van der Waals surface area contributed by atoms with Crippen molar-refractivity contribution in [3.8, 4) is 0 Å². The van der Waals surface area contributed by atoms with Gasteiger partial charge in [-0.1, -0.05) is 12.1 Å². The number of hydrogen-bond acceptors (Lipinski definition) is 4. The maximum absolute atomic E-state index is 12.6. The van der Waals surface area contributed by atoms with Crippen molar-refractivity contribution >= 4 is 17.3 Å². The number of nitrogens with zero attached hydrogens (tertiary/aromatic N) is 2. The Morgan fingerprint density at radius 1 is 1.39 bits per heavy atom. The molecular weight excluding hydrogens is 329 g/mol. The van der Waals surface area contributed by atoms with Gasteiger partial charge in [-0.3, -0.25) is 4.90 Å². The molecule has 1 aromatic heterocycles. The van der Waals surface area contributed by atoms with Crippen LogP contribution in [0, 0.1) is 0 Å². The van der Waals surface area contributed by atoms with Crippen molar-refractivity contribution in [3.63, 3.8) is 0 Å². The highest BCUT2D eigenvalue weighted by molar-refractivity contribution is 7.11. The van der Waals surface area contributed by atoms with Gasteiger partial charge in [0.05, 0.1) is 5.56 Å². The second-order valence-corrected chi connectivity index (χ2v) is 6.45. The summed E-state index contributed by atoms with van der Waals surface area (Å²) in [4.78, 5) is 17.2. The lowest BCUT2D eigenvalue weighted by molar-refractivity contribution is -0.137. The van der Waals surface area contributed by atoms with Gasteiger partial charge < -0.3 is 5.11 Å². The van der Waals surface area contributed by atoms with Crippen LogP contribution in [0.3, 0.4) is 0 Å². The molecule has 0 fully saturated rings. The minimum absolute atomic E-state index is 0.257. The first-order valence-corrected chi connectivity index (χ1v) is 7.74. The fraction of sp³-hybridized carbons (Fsp3) is 0.333. The largest absolute Gasteiger partial charge is 0.478 e. The maximum atomic E-state index is 12.6. The zero-order valence-electron chi connectivity index (χ0n) is 11.9. The average molecular weight is 342 g/mol. The van der Waals surface area contributed by atoms with Gasteiger partial charge in [0.2, 0.25) is 0 Å². The Bertz CT molecular complexity index is 743. The van der Waals surface area contributed by atoms with E-state index in [1.54, 1.807) is 12.1 Å². The molecule has 0 aliphatic carbocycles. The van der Waals surface area contributed by atoms with Crippen LogP contribution in [0.4, 0.5) is 13.2 Å². The highest BCUT2D eigenvalue weighted by Gasteiger charge is 2.34. The molecule has 0 radical (unpaired) electrons. The molecule has 0 atom stereocenters. The van der Waals surface area contributed by atoms with Crippen LogP contribution in [-0.2, 0) is 25.7 Å². The van der Waals surface area contributed by atoms with Crippen LogP contribution < -0.4 is 0 Å². The second kappa shape index (κ2) is 5.93. The fourth-order valence-corrected chi connectivity index (χ4v) is 3.53. The molecule has 2 heterocycles. The van der Waals surface area contributed by atoms with E-state index in [0.29, 0.717) is 42.3 Å². The topological polar surface area (TPSA) is 53.4 Å². The number of thiazole rings is 1. The lowest BCUT2D eigenvalue weighted by Crippen LogP contribution is -2.31. The van der Waals surface area contributed by atoms with E-state index in [9.17, 15) is 23.1 Å². The summed E-state index contributed by atoms with van der Waals surface area (Å²) >= 11 is 0.631. The van der Waals surface area contributed by atoms with Crippen LogP contribution in [0.2, 0.25) is 0 Å². The second-order valence-electron chi connectivity index (χ2n) is 5.34. The summed E-state index contributed by atoms with van der Waals surface area (Å²) in [5.74, 6) is -0.985. The molecule has 4 nitrogen and oxygen atoms in total. The lowest BCUT2D eigenvalue weighted by atomic mass is 9.95. The van der Waals surface area contributed by atoms with Gasteiger partial charge in [0.1, 0.15) is 0 Å². The SMILES string of the molecule is O=C(O)c1cccc2c1CN(Cc1cnc(C(F)(F)F)s1)CC2. The van der Waals surface area contributed by atoms with Gasteiger partial charge in [-0.05, 0) is 23.6 Å². The molecule has 1 aromatic carbocycles. The summed E-state index contributed by atoms with van der Waals surface area (Å²) in [5, 5.41) is 8.41. The van der Waals surface area contributed by atoms with E-state index in [4.69, 9.17) is 0 Å². The minimum Gasteiger partial charge on any atom is -0.478 e. The summed E-state index contributed by atoms with van der Waals surface area (Å²) in [6.07, 6.45) is -2.50. The standard InChI is InChI=1S/C15H13F3N2O2S/c16-15(17,18)14-19-6-10(23-14)7-20-5-4-9-2-1-3-11(13(21)22)12(9)8-20/h1-3,6H,4-5,7-8H2,(H,21,22). The molecule has 1 aliphatic rings. The van der Waals surface area contributed by atoms with Crippen LogP contribution in [0.5, 0.6) is 0 Å². The summed E-state index contributed by atoms with van der Waals surface area (Å²) < 4.78 is 37.8. The summed E-state index contributed by atoms with van der Waals surface area (Å²) in [7, 11) is 0. The molecule has 3 rings (SSSR count). The fourth-order valence-electron chi connectivity index (χ4n) is 2.70. The average Bonchev–Trinajstić information content (AvgIpc) is 2.95. The number of benzene rings is 1. The Morgan fingerprint density at radius 3 is 2.83 bits per heavy atom. The molecule has 0 saturated heterocycles. The third kappa shape index (κ3) is 3.37. The van der Waals surface area contributed by atoms with Crippen molar-refractivity contribution in [1.82, 2.24) is 9.88 Å². The molecule has 0 spiro atoms. The molecule has 23 heavy (non-hydrogen) atoms. The number of aromatic carboxylic acids is 1. The molecule has 122 valence electrons. The highest BCUT2D eigenvalue weighted by atomic mass is 32.1. The first-order valence-electron chi connectivity index (χ1n) is 6.93. The third-order valence-electron chi connectivity index (χ3n) is 3.76. The summed E-state index contributed by atoms with van der Waals surface area (Å²) in [6, 6.07) is 5.17. The van der Waals surface area contributed by atoms with E-state index in [0.717, 1.165) is 11.1 Å². The van der Waals surface area contributed by atoms with Crippen LogP contribution >= 0.6 is 11.3 Å². The molecule has 1 N–H and O–H groups in total. The Kier molecular flexibility index (Phi) is 4.11. The van der Waals surface area contributed by atoms with Gasteiger partial charge >= 0.3 is 12.1 Å². The molecule has 0 saturated carbocycles. The van der Waals surface area contributed by atoms with Crippen molar-refractivity contribution < 1.29 is 23.1 Å². The molecule has 0 bridgehead atoms. The van der Waals surface area contributed by atoms with E-state index >= 15 is 0 Å². The zero-order chi connectivity index (χ0) is 16.6. The quantitative estimate of drug-likeness (QED) is 0.929. The number of halogens is 3. The first-order chi connectivity index (χ1) is 10.8. The number of carbonyl (C=O) groups is 1. The smallest absolute Gasteiger partial charge is 0.443 e. The predicted molar refractivity (Wildman–Crippen MR) is 78.3 cm³/mol.